The molecule has 0 spiro atoms. The molecule has 0 saturated heterocycles. The highest BCUT2D eigenvalue weighted by atomic mass is 16.6. The Morgan fingerprint density at radius 3 is 2.04 bits per heavy atom. The number of nitrogens with one attached hydrogen (secondary N) is 1. The van der Waals surface area contributed by atoms with Crippen molar-refractivity contribution in [3.05, 3.63) is 39.9 Å². The summed E-state index contributed by atoms with van der Waals surface area (Å²) < 4.78 is 9.78. The van der Waals surface area contributed by atoms with Gasteiger partial charge in [-0.05, 0) is 19.4 Å². The summed E-state index contributed by atoms with van der Waals surface area (Å²) in [5.41, 5.74) is -1.78. The first-order valence-electron chi connectivity index (χ1n) is 7.20. The van der Waals surface area contributed by atoms with Crippen molar-refractivity contribution in [3.8, 4) is 0 Å². The minimum Gasteiger partial charge on any atom is -0.464 e. The molecule has 0 aliphatic rings. The molecule has 1 rings (SSSR count). The van der Waals surface area contributed by atoms with Gasteiger partial charge in [0.25, 0.3) is 5.69 Å². The maximum atomic E-state index is 12.3. The van der Waals surface area contributed by atoms with Crippen molar-refractivity contribution >= 4 is 24.0 Å². The molecular formula is C15H18N2O7. The standard InChI is InChI=1S/C15H18N2O7/c1-3-23-13(19)15(16-10-18,14(20)24-4-2)9-11-5-7-12(8-6-11)17(21)22/h5-8,10H,3-4,9H2,1-2H3,(H,16,18). The molecular weight excluding hydrogens is 320 g/mol. The second-order valence-electron chi connectivity index (χ2n) is 4.71. The number of ether oxygens (including phenoxy) is 2. The van der Waals surface area contributed by atoms with Gasteiger partial charge in [0.15, 0.2) is 0 Å². The van der Waals surface area contributed by atoms with E-state index in [9.17, 15) is 24.5 Å². The Kier molecular flexibility index (Phi) is 6.84. The average molecular weight is 338 g/mol. The average Bonchev–Trinajstić information content (AvgIpc) is 2.55. The van der Waals surface area contributed by atoms with Gasteiger partial charge in [-0.15, -0.1) is 0 Å². The predicted octanol–water partition coefficient (Wildman–Crippen LogP) is 0.748. The van der Waals surface area contributed by atoms with Crippen molar-refractivity contribution in [1.82, 2.24) is 5.32 Å². The van der Waals surface area contributed by atoms with Crippen LogP contribution in [0.25, 0.3) is 0 Å². The molecule has 1 N–H and O–H groups in total. The highest BCUT2D eigenvalue weighted by Gasteiger charge is 2.49. The highest BCUT2D eigenvalue weighted by Crippen LogP contribution is 2.20. The van der Waals surface area contributed by atoms with E-state index in [1.165, 1.54) is 24.3 Å². The van der Waals surface area contributed by atoms with E-state index in [4.69, 9.17) is 9.47 Å². The van der Waals surface area contributed by atoms with Gasteiger partial charge in [0.1, 0.15) is 0 Å². The Hall–Kier alpha value is -2.97. The number of carbonyl (C=O) groups is 3. The zero-order valence-electron chi connectivity index (χ0n) is 13.3. The van der Waals surface area contributed by atoms with Gasteiger partial charge in [-0.2, -0.15) is 0 Å². The zero-order valence-corrected chi connectivity index (χ0v) is 13.3. The van der Waals surface area contributed by atoms with E-state index in [1.54, 1.807) is 13.8 Å². The number of hydrogen-bond donors (Lipinski definition) is 1. The summed E-state index contributed by atoms with van der Waals surface area (Å²) in [5.74, 6) is -1.93. The van der Waals surface area contributed by atoms with E-state index >= 15 is 0 Å². The monoisotopic (exact) mass is 338 g/mol. The summed E-state index contributed by atoms with van der Waals surface area (Å²) >= 11 is 0. The number of carbonyl (C=O) groups excluding carboxylic acids is 3. The van der Waals surface area contributed by atoms with Gasteiger partial charge in [-0.25, -0.2) is 9.59 Å². The van der Waals surface area contributed by atoms with E-state index in [-0.39, 0.29) is 31.7 Å². The minimum atomic E-state index is -2.05. The molecule has 9 nitrogen and oxygen atoms in total. The van der Waals surface area contributed by atoms with E-state index < -0.39 is 22.4 Å². The van der Waals surface area contributed by atoms with Gasteiger partial charge in [0.05, 0.1) is 18.1 Å². The Morgan fingerprint density at radius 2 is 1.67 bits per heavy atom. The molecule has 0 atom stereocenters. The summed E-state index contributed by atoms with van der Waals surface area (Å²) in [4.78, 5) is 45.7. The van der Waals surface area contributed by atoms with Crippen LogP contribution >= 0.6 is 0 Å². The molecule has 0 unspecified atom stereocenters. The van der Waals surface area contributed by atoms with Gasteiger partial charge in [-0.1, -0.05) is 12.1 Å². The molecule has 0 aliphatic carbocycles. The lowest BCUT2D eigenvalue weighted by Crippen LogP contribution is -2.60. The first-order valence-corrected chi connectivity index (χ1v) is 7.20. The summed E-state index contributed by atoms with van der Waals surface area (Å²) in [5, 5.41) is 12.9. The third-order valence-corrected chi connectivity index (χ3v) is 3.17. The number of non-ortho nitro benzene ring substituents is 1. The van der Waals surface area contributed by atoms with Crippen LogP contribution in [0.3, 0.4) is 0 Å². The van der Waals surface area contributed by atoms with Gasteiger partial charge >= 0.3 is 11.9 Å². The lowest BCUT2D eigenvalue weighted by Gasteiger charge is -2.28. The van der Waals surface area contributed by atoms with Crippen LogP contribution in [0.5, 0.6) is 0 Å². The van der Waals surface area contributed by atoms with Crippen molar-refractivity contribution in [1.29, 1.82) is 0 Å². The largest absolute Gasteiger partial charge is 0.464 e. The number of benzene rings is 1. The molecule has 1 aromatic rings. The first-order chi connectivity index (χ1) is 11.4. The molecule has 24 heavy (non-hydrogen) atoms. The first kappa shape index (κ1) is 19.1. The van der Waals surface area contributed by atoms with E-state index in [0.717, 1.165) is 0 Å². The molecule has 0 heterocycles. The van der Waals surface area contributed by atoms with Crippen LogP contribution < -0.4 is 5.32 Å². The van der Waals surface area contributed by atoms with Crippen LogP contribution in [0.2, 0.25) is 0 Å². The van der Waals surface area contributed by atoms with E-state index in [2.05, 4.69) is 5.32 Å². The normalized spacial score (nSPS) is 10.6. The van der Waals surface area contributed by atoms with Gasteiger partial charge < -0.3 is 14.8 Å². The van der Waals surface area contributed by atoms with Crippen LogP contribution in [0, 0.1) is 10.1 Å². The number of esters is 2. The Bertz CT molecular complexity index is 595. The molecule has 130 valence electrons. The molecule has 0 radical (unpaired) electrons. The van der Waals surface area contributed by atoms with Crippen molar-refractivity contribution < 1.29 is 28.8 Å². The second-order valence-corrected chi connectivity index (χ2v) is 4.71. The van der Waals surface area contributed by atoms with Crippen molar-refractivity contribution in [2.24, 2.45) is 0 Å². The lowest BCUT2D eigenvalue weighted by molar-refractivity contribution is -0.384. The maximum Gasteiger partial charge on any atom is 0.344 e. The molecule has 0 aromatic heterocycles. The van der Waals surface area contributed by atoms with E-state index in [1.807, 2.05) is 0 Å². The quantitative estimate of drug-likeness (QED) is 0.231. The van der Waals surface area contributed by atoms with Crippen LogP contribution in [0.1, 0.15) is 19.4 Å². The Morgan fingerprint density at radius 1 is 1.17 bits per heavy atom. The summed E-state index contributed by atoms with van der Waals surface area (Å²) in [6, 6.07) is 5.24. The van der Waals surface area contributed by atoms with Gasteiger partial charge in [0.2, 0.25) is 11.9 Å². The SMILES string of the molecule is CCOC(=O)C(Cc1ccc([N+](=O)[O-])cc1)(NC=O)C(=O)OCC. The fourth-order valence-corrected chi connectivity index (χ4v) is 2.05. The summed E-state index contributed by atoms with van der Waals surface area (Å²) in [6.07, 6.45) is -0.0549. The lowest BCUT2D eigenvalue weighted by atomic mass is 9.90. The second kappa shape index (κ2) is 8.61. The van der Waals surface area contributed by atoms with Crippen LogP contribution in [0.4, 0.5) is 5.69 Å². The molecule has 0 fully saturated rings. The highest BCUT2D eigenvalue weighted by molar-refractivity contribution is 6.06. The molecule has 0 saturated carbocycles. The predicted molar refractivity (Wildman–Crippen MR) is 82.0 cm³/mol. The molecule has 0 bridgehead atoms. The number of nitro groups is 1. The van der Waals surface area contributed by atoms with Crippen LogP contribution in [-0.4, -0.2) is 42.0 Å². The van der Waals surface area contributed by atoms with Crippen molar-refractivity contribution in [2.45, 2.75) is 25.8 Å². The number of amides is 1. The molecule has 1 amide bonds. The third-order valence-electron chi connectivity index (χ3n) is 3.17. The minimum absolute atomic E-state index is 0.000781. The summed E-state index contributed by atoms with van der Waals surface area (Å²) in [7, 11) is 0. The topological polar surface area (TPSA) is 125 Å². The third kappa shape index (κ3) is 4.28. The van der Waals surface area contributed by atoms with Crippen molar-refractivity contribution in [3.63, 3.8) is 0 Å². The number of rotatable bonds is 9. The smallest absolute Gasteiger partial charge is 0.344 e. The van der Waals surface area contributed by atoms with Crippen LogP contribution in [-0.2, 0) is 30.3 Å². The van der Waals surface area contributed by atoms with E-state index in [0.29, 0.717) is 5.56 Å². The molecule has 1 aromatic carbocycles. The molecule has 0 aliphatic heterocycles. The number of nitro benzene ring substituents is 1. The van der Waals surface area contributed by atoms with Gasteiger partial charge in [-0.3, -0.25) is 14.9 Å². The van der Waals surface area contributed by atoms with Crippen LogP contribution in [0.15, 0.2) is 24.3 Å². The number of hydrogen-bond acceptors (Lipinski definition) is 7. The fraction of sp³-hybridized carbons (Fsp3) is 0.400. The number of nitrogens with zero attached hydrogens (tertiary/aromatic N) is 1. The summed E-state index contributed by atoms with van der Waals surface area (Å²) in [6.45, 7) is 3.11. The zero-order chi connectivity index (χ0) is 18.2. The maximum absolute atomic E-state index is 12.3. The van der Waals surface area contributed by atoms with Gasteiger partial charge in [0, 0.05) is 18.6 Å². The fourth-order valence-electron chi connectivity index (χ4n) is 2.05. The Labute approximate surface area is 138 Å². The molecule has 9 heteroatoms. The Balaban J connectivity index is 3.23. The van der Waals surface area contributed by atoms with Crippen molar-refractivity contribution in [2.75, 3.05) is 13.2 Å².